The standard InChI is InChI=1S/C55H105NO3/c1-3-5-7-9-11-13-15-17-19-21-23-25-27-28-29-30-32-34-36-38-40-42-44-46-48-50-54(58)53(52-57)56-55(59)51-49-47-45-43-41-39-37-35-33-31-26-24-22-20-18-16-14-12-10-8-6-4-2/h31,33,40,42,48,50,53-54,57-58H,3-30,32,34-39,41,43-47,49,51-52H2,1-2H3,(H,56,59)/b33-31-,42-40+,50-48+. The summed E-state index contributed by atoms with van der Waals surface area (Å²) in [6.07, 6.45) is 68.7. The first-order valence-corrected chi connectivity index (χ1v) is 26.7. The summed E-state index contributed by atoms with van der Waals surface area (Å²) in [6, 6.07) is -0.641. The number of aliphatic hydroxyl groups is 2. The quantitative estimate of drug-likeness (QED) is 0.0423. The predicted octanol–water partition coefficient (Wildman–Crippen LogP) is 17.3. The minimum absolute atomic E-state index is 0.0748. The molecule has 0 rings (SSSR count). The van der Waals surface area contributed by atoms with E-state index in [-0.39, 0.29) is 12.5 Å². The number of carbonyl (C=O) groups is 1. The number of unbranched alkanes of at least 4 members (excludes halogenated alkanes) is 38. The van der Waals surface area contributed by atoms with Gasteiger partial charge in [0.15, 0.2) is 0 Å². The summed E-state index contributed by atoms with van der Waals surface area (Å²) in [6.45, 7) is 4.33. The molecule has 59 heavy (non-hydrogen) atoms. The van der Waals surface area contributed by atoms with Crippen LogP contribution < -0.4 is 5.32 Å². The Kier molecular flexibility index (Phi) is 49.8. The van der Waals surface area contributed by atoms with Crippen LogP contribution in [0.25, 0.3) is 0 Å². The van der Waals surface area contributed by atoms with Crippen molar-refractivity contribution in [1.82, 2.24) is 5.32 Å². The maximum atomic E-state index is 12.4. The molecule has 0 aliphatic rings. The van der Waals surface area contributed by atoms with Crippen molar-refractivity contribution < 1.29 is 15.0 Å². The Hall–Kier alpha value is -1.39. The maximum absolute atomic E-state index is 12.4. The number of hydrogen-bond donors (Lipinski definition) is 3. The number of aliphatic hydroxyl groups excluding tert-OH is 2. The topological polar surface area (TPSA) is 69.6 Å². The number of rotatable bonds is 49. The van der Waals surface area contributed by atoms with E-state index in [1.807, 2.05) is 6.08 Å². The van der Waals surface area contributed by atoms with Crippen LogP contribution in [0, 0.1) is 0 Å². The minimum atomic E-state index is -0.864. The largest absolute Gasteiger partial charge is 0.394 e. The van der Waals surface area contributed by atoms with Gasteiger partial charge in [-0.05, 0) is 57.8 Å². The molecule has 0 bridgehead atoms. The van der Waals surface area contributed by atoms with Crippen LogP contribution in [0.3, 0.4) is 0 Å². The molecule has 1 amide bonds. The van der Waals surface area contributed by atoms with Crippen molar-refractivity contribution in [2.24, 2.45) is 0 Å². The second-order valence-electron chi connectivity index (χ2n) is 18.3. The fourth-order valence-electron chi connectivity index (χ4n) is 8.25. The monoisotopic (exact) mass is 828 g/mol. The summed E-state index contributed by atoms with van der Waals surface area (Å²) in [5.41, 5.74) is 0. The molecule has 348 valence electrons. The van der Waals surface area contributed by atoms with E-state index >= 15 is 0 Å². The minimum Gasteiger partial charge on any atom is -0.394 e. The van der Waals surface area contributed by atoms with E-state index in [1.54, 1.807) is 6.08 Å². The molecule has 0 fully saturated rings. The molecule has 0 aromatic heterocycles. The average Bonchev–Trinajstić information content (AvgIpc) is 3.24. The molecule has 0 spiro atoms. The van der Waals surface area contributed by atoms with Crippen molar-refractivity contribution in [2.45, 2.75) is 302 Å². The molecule has 0 radical (unpaired) electrons. The molecule has 0 aromatic carbocycles. The highest BCUT2D eigenvalue weighted by Crippen LogP contribution is 2.16. The smallest absolute Gasteiger partial charge is 0.220 e. The van der Waals surface area contributed by atoms with Gasteiger partial charge in [-0.15, -0.1) is 0 Å². The Labute approximate surface area is 370 Å². The third kappa shape index (κ3) is 47.5. The lowest BCUT2D eigenvalue weighted by Gasteiger charge is -2.19. The van der Waals surface area contributed by atoms with Crippen LogP contribution in [0.1, 0.15) is 290 Å². The molecule has 4 nitrogen and oxygen atoms in total. The zero-order valence-electron chi connectivity index (χ0n) is 40.0. The number of hydrogen-bond acceptors (Lipinski definition) is 3. The fraction of sp³-hybridized carbons (Fsp3) is 0.873. The maximum Gasteiger partial charge on any atom is 0.220 e. The molecule has 3 N–H and O–H groups in total. The lowest BCUT2D eigenvalue weighted by atomic mass is 10.0. The van der Waals surface area contributed by atoms with Crippen LogP contribution in [-0.2, 0) is 4.79 Å². The van der Waals surface area contributed by atoms with Gasteiger partial charge in [0.05, 0.1) is 18.8 Å². The van der Waals surface area contributed by atoms with Crippen molar-refractivity contribution in [2.75, 3.05) is 6.61 Å². The molecule has 0 saturated heterocycles. The normalized spacial score (nSPS) is 13.1. The lowest BCUT2D eigenvalue weighted by Crippen LogP contribution is -2.45. The first-order valence-electron chi connectivity index (χ1n) is 26.7. The summed E-state index contributed by atoms with van der Waals surface area (Å²) in [4.78, 5) is 12.4. The molecule has 0 aromatic rings. The Bertz CT molecular complexity index is 897. The number of allylic oxidation sites excluding steroid dienone is 5. The average molecular weight is 828 g/mol. The van der Waals surface area contributed by atoms with E-state index in [0.717, 1.165) is 32.1 Å². The van der Waals surface area contributed by atoms with Gasteiger partial charge in [0.1, 0.15) is 0 Å². The van der Waals surface area contributed by atoms with E-state index in [0.29, 0.717) is 6.42 Å². The van der Waals surface area contributed by atoms with E-state index in [1.165, 1.54) is 238 Å². The zero-order valence-corrected chi connectivity index (χ0v) is 40.0. The molecule has 4 heteroatoms. The van der Waals surface area contributed by atoms with Crippen LogP contribution >= 0.6 is 0 Å². The first-order chi connectivity index (χ1) is 29.2. The SMILES string of the molecule is CCCCCCCCCCCCC/C=C\CCCCCCCCCC(=O)NC(CO)C(O)/C=C/CC/C=C/CCCCCCCCCCCCCCCCCCCCC. The third-order valence-electron chi connectivity index (χ3n) is 12.3. The van der Waals surface area contributed by atoms with E-state index in [9.17, 15) is 15.0 Å². The molecule has 2 atom stereocenters. The van der Waals surface area contributed by atoms with Gasteiger partial charge in [-0.3, -0.25) is 4.79 Å². The second kappa shape index (κ2) is 51.0. The molecular formula is C55H105NO3. The van der Waals surface area contributed by atoms with Crippen molar-refractivity contribution in [1.29, 1.82) is 0 Å². The van der Waals surface area contributed by atoms with Crippen LogP contribution in [0.4, 0.5) is 0 Å². The zero-order chi connectivity index (χ0) is 42.8. The first kappa shape index (κ1) is 57.6. The predicted molar refractivity (Wildman–Crippen MR) is 262 cm³/mol. The summed E-state index contributed by atoms with van der Waals surface area (Å²) in [5, 5.41) is 23.1. The van der Waals surface area contributed by atoms with Gasteiger partial charge in [0, 0.05) is 6.42 Å². The number of amides is 1. The Morgan fingerprint density at radius 2 is 0.661 bits per heavy atom. The molecule has 0 aliphatic heterocycles. The lowest BCUT2D eigenvalue weighted by molar-refractivity contribution is -0.123. The molecular weight excluding hydrogens is 723 g/mol. The highest BCUT2D eigenvalue weighted by atomic mass is 16.3. The Morgan fingerprint density at radius 3 is 0.983 bits per heavy atom. The molecule has 0 heterocycles. The van der Waals surface area contributed by atoms with Crippen molar-refractivity contribution in [3.8, 4) is 0 Å². The second-order valence-corrected chi connectivity index (χ2v) is 18.3. The van der Waals surface area contributed by atoms with E-state index in [4.69, 9.17) is 0 Å². The third-order valence-corrected chi connectivity index (χ3v) is 12.3. The van der Waals surface area contributed by atoms with Crippen molar-refractivity contribution in [3.05, 3.63) is 36.5 Å². The van der Waals surface area contributed by atoms with Gasteiger partial charge in [-0.2, -0.15) is 0 Å². The number of carbonyl (C=O) groups excluding carboxylic acids is 1. The van der Waals surface area contributed by atoms with Crippen LogP contribution in [-0.4, -0.2) is 34.9 Å². The van der Waals surface area contributed by atoms with E-state index < -0.39 is 12.1 Å². The number of nitrogens with one attached hydrogen (secondary N) is 1. The molecule has 0 saturated carbocycles. The van der Waals surface area contributed by atoms with Crippen molar-refractivity contribution >= 4 is 5.91 Å². The van der Waals surface area contributed by atoms with Gasteiger partial charge in [0.25, 0.3) is 0 Å². The van der Waals surface area contributed by atoms with Gasteiger partial charge >= 0.3 is 0 Å². The van der Waals surface area contributed by atoms with Gasteiger partial charge in [-0.1, -0.05) is 262 Å². The van der Waals surface area contributed by atoms with Crippen LogP contribution in [0.2, 0.25) is 0 Å². The summed E-state index contributed by atoms with van der Waals surface area (Å²) in [7, 11) is 0. The summed E-state index contributed by atoms with van der Waals surface area (Å²) in [5.74, 6) is -0.0748. The fourth-order valence-corrected chi connectivity index (χ4v) is 8.25. The Morgan fingerprint density at radius 1 is 0.390 bits per heavy atom. The summed E-state index contributed by atoms with van der Waals surface area (Å²) >= 11 is 0. The highest BCUT2D eigenvalue weighted by molar-refractivity contribution is 5.76. The highest BCUT2D eigenvalue weighted by Gasteiger charge is 2.17. The van der Waals surface area contributed by atoms with Gasteiger partial charge in [0.2, 0.25) is 5.91 Å². The van der Waals surface area contributed by atoms with Crippen molar-refractivity contribution in [3.63, 3.8) is 0 Å². The van der Waals surface area contributed by atoms with Gasteiger partial charge < -0.3 is 15.5 Å². The van der Waals surface area contributed by atoms with Crippen LogP contribution in [0.15, 0.2) is 36.5 Å². The van der Waals surface area contributed by atoms with E-state index in [2.05, 4.69) is 43.5 Å². The Balaban J connectivity index is 3.54. The van der Waals surface area contributed by atoms with Gasteiger partial charge in [-0.25, -0.2) is 0 Å². The molecule has 2 unspecified atom stereocenters. The molecule has 0 aliphatic carbocycles. The summed E-state index contributed by atoms with van der Waals surface area (Å²) < 4.78 is 0. The van der Waals surface area contributed by atoms with Crippen LogP contribution in [0.5, 0.6) is 0 Å².